The van der Waals surface area contributed by atoms with Gasteiger partial charge in [-0.2, -0.15) is 0 Å². The number of halogens is 2. The molecule has 0 fully saturated rings. The smallest absolute Gasteiger partial charge is 0.215 e. The van der Waals surface area contributed by atoms with Crippen LogP contribution in [-0.4, -0.2) is 27.5 Å². The van der Waals surface area contributed by atoms with Crippen LogP contribution in [-0.2, 0) is 15.8 Å². The molecule has 0 radical (unpaired) electrons. The predicted molar refractivity (Wildman–Crippen MR) is 80.2 cm³/mol. The molecule has 0 saturated heterocycles. The topological polar surface area (TPSA) is 58.2 Å². The minimum absolute atomic E-state index is 0.0859. The SMILES string of the molecule is CCN[C@H](C)CNS(=O)(=O)Cc1cc(Cl)cc(Cl)c1. The van der Waals surface area contributed by atoms with Gasteiger partial charge < -0.3 is 5.32 Å². The molecule has 0 aromatic heterocycles. The minimum Gasteiger partial charge on any atom is -0.313 e. The Morgan fingerprint density at radius 3 is 2.32 bits per heavy atom. The second-order valence-electron chi connectivity index (χ2n) is 4.34. The summed E-state index contributed by atoms with van der Waals surface area (Å²) in [6, 6.07) is 4.85. The number of rotatable bonds is 7. The highest BCUT2D eigenvalue weighted by molar-refractivity contribution is 7.88. The molecule has 1 rings (SSSR count). The zero-order chi connectivity index (χ0) is 14.5. The molecule has 1 atom stereocenters. The van der Waals surface area contributed by atoms with Crippen molar-refractivity contribution < 1.29 is 8.42 Å². The van der Waals surface area contributed by atoms with Crippen molar-refractivity contribution in [2.45, 2.75) is 25.6 Å². The van der Waals surface area contributed by atoms with Gasteiger partial charge in [0.2, 0.25) is 10.0 Å². The Hall–Kier alpha value is -0.330. The molecule has 0 aliphatic rings. The summed E-state index contributed by atoms with van der Waals surface area (Å²) in [4.78, 5) is 0. The summed E-state index contributed by atoms with van der Waals surface area (Å²) in [7, 11) is -3.39. The molecule has 0 aliphatic heterocycles. The highest BCUT2D eigenvalue weighted by Gasteiger charge is 2.13. The van der Waals surface area contributed by atoms with Crippen molar-refractivity contribution in [1.82, 2.24) is 10.0 Å². The Bertz CT molecular complexity index is 500. The van der Waals surface area contributed by atoms with Crippen molar-refractivity contribution in [3.05, 3.63) is 33.8 Å². The predicted octanol–water partition coefficient (Wildman–Crippen LogP) is 2.41. The quantitative estimate of drug-likeness (QED) is 0.809. The van der Waals surface area contributed by atoms with E-state index in [4.69, 9.17) is 23.2 Å². The summed E-state index contributed by atoms with van der Waals surface area (Å²) < 4.78 is 26.4. The molecular weight excluding hydrogens is 307 g/mol. The maximum Gasteiger partial charge on any atom is 0.215 e. The van der Waals surface area contributed by atoms with E-state index in [9.17, 15) is 8.42 Å². The highest BCUT2D eigenvalue weighted by Crippen LogP contribution is 2.20. The van der Waals surface area contributed by atoms with Crippen LogP contribution in [0.4, 0.5) is 0 Å². The molecule has 1 aromatic carbocycles. The van der Waals surface area contributed by atoms with Crippen molar-refractivity contribution in [3.63, 3.8) is 0 Å². The maximum absolute atomic E-state index is 11.9. The summed E-state index contributed by atoms with van der Waals surface area (Å²) in [5.74, 6) is -0.133. The summed E-state index contributed by atoms with van der Waals surface area (Å²) in [5, 5.41) is 3.99. The first-order chi connectivity index (χ1) is 8.82. The molecule has 0 spiro atoms. The standard InChI is InChI=1S/C12H18Cl2N2O2S/c1-3-15-9(2)7-16-19(17,18)8-10-4-11(13)6-12(14)5-10/h4-6,9,15-16H,3,7-8H2,1-2H3/t9-/m1/s1. The normalized spacial score (nSPS) is 13.5. The van der Waals surface area contributed by atoms with Gasteiger partial charge in [0.15, 0.2) is 0 Å². The van der Waals surface area contributed by atoms with Crippen molar-refractivity contribution in [2.24, 2.45) is 0 Å². The first-order valence-corrected chi connectivity index (χ1v) is 8.39. The van der Waals surface area contributed by atoms with Gasteiger partial charge in [-0.05, 0) is 37.2 Å². The lowest BCUT2D eigenvalue weighted by Crippen LogP contribution is -2.39. The second kappa shape index (κ2) is 7.45. The van der Waals surface area contributed by atoms with Crippen molar-refractivity contribution >= 4 is 33.2 Å². The van der Waals surface area contributed by atoms with Gasteiger partial charge in [0.05, 0.1) is 5.75 Å². The third-order valence-corrected chi connectivity index (χ3v) is 4.20. The Morgan fingerprint density at radius 1 is 1.21 bits per heavy atom. The van der Waals surface area contributed by atoms with E-state index >= 15 is 0 Å². The third kappa shape index (κ3) is 6.58. The Balaban J connectivity index is 2.63. The van der Waals surface area contributed by atoms with Crippen LogP contribution in [0.1, 0.15) is 19.4 Å². The molecule has 19 heavy (non-hydrogen) atoms. The van der Waals surface area contributed by atoms with Crippen LogP contribution in [0, 0.1) is 0 Å². The molecular formula is C12H18Cl2N2O2S. The fraction of sp³-hybridized carbons (Fsp3) is 0.500. The molecule has 0 saturated carbocycles. The average Bonchev–Trinajstić information content (AvgIpc) is 2.25. The van der Waals surface area contributed by atoms with Gasteiger partial charge in [-0.15, -0.1) is 0 Å². The van der Waals surface area contributed by atoms with Gasteiger partial charge in [0.1, 0.15) is 0 Å². The molecule has 0 unspecified atom stereocenters. The van der Waals surface area contributed by atoms with E-state index in [-0.39, 0.29) is 11.8 Å². The maximum atomic E-state index is 11.9. The third-order valence-electron chi connectivity index (χ3n) is 2.44. The van der Waals surface area contributed by atoms with Crippen molar-refractivity contribution in [1.29, 1.82) is 0 Å². The lowest BCUT2D eigenvalue weighted by molar-refractivity contribution is 0.535. The molecule has 7 heteroatoms. The first kappa shape index (κ1) is 16.7. The van der Waals surface area contributed by atoms with Gasteiger partial charge in [-0.25, -0.2) is 13.1 Å². The summed E-state index contributed by atoms with van der Waals surface area (Å²) in [6.07, 6.45) is 0. The second-order valence-corrected chi connectivity index (χ2v) is 7.02. The van der Waals surface area contributed by atoms with Crippen molar-refractivity contribution in [3.8, 4) is 0 Å². The van der Waals surface area contributed by atoms with Gasteiger partial charge in [-0.1, -0.05) is 30.1 Å². The highest BCUT2D eigenvalue weighted by atomic mass is 35.5. The zero-order valence-electron chi connectivity index (χ0n) is 10.9. The fourth-order valence-electron chi connectivity index (χ4n) is 1.64. The van der Waals surface area contributed by atoms with E-state index in [1.807, 2.05) is 13.8 Å². The van der Waals surface area contributed by atoms with Gasteiger partial charge in [-0.3, -0.25) is 0 Å². The van der Waals surface area contributed by atoms with Crippen LogP contribution in [0.25, 0.3) is 0 Å². The summed E-state index contributed by atoms with van der Waals surface area (Å²) in [6.45, 7) is 5.04. The summed E-state index contributed by atoms with van der Waals surface area (Å²) in [5.41, 5.74) is 0.570. The molecule has 2 N–H and O–H groups in total. The van der Waals surface area contributed by atoms with E-state index in [2.05, 4.69) is 10.0 Å². The molecule has 108 valence electrons. The number of hydrogen-bond donors (Lipinski definition) is 2. The molecule has 4 nitrogen and oxygen atoms in total. The number of sulfonamides is 1. The monoisotopic (exact) mass is 324 g/mol. The first-order valence-electron chi connectivity index (χ1n) is 5.98. The average molecular weight is 325 g/mol. The van der Waals surface area contributed by atoms with Gasteiger partial charge >= 0.3 is 0 Å². The van der Waals surface area contributed by atoms with Crippen LogP contribution >= 0.6 is 23.2 Å². The lowest BCUT2D eigenvalue weighted by Gasteiger charge is -2.13. The molecule has 1 aromatic rings. The van der Waals surface area contributed by atoms with E-state index in [0.29, 0.717) is 22.2 Å². The van der Waals surface area contributed by atoms with E-state index in [1.165, 1.54) is 0 Å². The van der Waals surface area contributed by atoms with Crippen LogP contribution in [0.5, 0.6) is 0 Å². The van der Waals surface area contributed by atoms with Gasteiger partial charge in [0, 0.05) is 22.6 Å². The summed E-state index contributed by atoms with van der Waals surface area (Å²) >= 11 is 11.7. The molecule has 0 heterocycles. The van der Waals surface area contributed by atoms with Crippen LogP contribution in [0.2, 0.25) is 10.0 Å². The van der Waals surface area contributed by atoms with Crippen LogP contribution in [0.3, 0.4) is 0 Å². The number of nitrogens with one attached hydrogen (secondary N) is 2. The number of hydrogen-bond acceptors (Lipinski definition) is 3. The molecule has 0 amide bonds. The largest absolute Gasteiger partial charge is 0.313 e. The van der Waals surface area contributed by atoms with E-state index in [0.717, 1.165) is 6.54 Å². The Kier molecular flexibility index (Phi) is 6.56. The minimum atomic E-state index is -3.39. The fourth-order valence-corrected chi connectivity index (χ4v) is 3.42. The number of benzene rings is 1. The van der Waals surface area contributed by atoms with E-state index in [1.54, 1.807) is 18.2 Å². The Morgan fingerprint density at radius 2 is 1.79 bits per heavy atom. The number of likely N-dealkylation sites (N-methyl/N-ethyl adjacent to an activating group) is 1. The van der Waals surface area contributed by atoms with E-state index < -0.39 is 10.0 Å². The zero-order valence-corrected chi connectivity index (χ0v) is 13.2. The Labute approximate surface area is 124 Å². The van der Waals surface area contributed by atoms with Crippen molar-refractivity contribution in [2.75, 3.05) is 13.1 Å². The molecule has 0 aliphatic carbocycles. The van der Waals surface area contributed by atoms with Gasteiger partial charge in [0.25, 0.3) is 0 Å². The van der Waals surface area contributed by atoms with Crippen LogP contribution < -0.4 is 10.0 Å². The van der Waals surface area contributed by atoms with Crippen LogP contribution in [0.15, 0.2) is 18.2 Å². The lowest BCUT2D eigenvalue weighted by atomic mass is 10.2. The molecule has 0 bridgehead atoms.